The number of benzene rings is 1. The Morgan fingerprint density at radius 1 is 1.04 bits per heavy atom. The van der Waals surface area contributed by atoms with E-state index in [2.05, 4.69) is 78.9 Å². The molecule has 0 saturated heterocycles. The highest BCUT2D eigenvalue weighted by atomic mass is 15.4. The van der Waals surface area contributed by atoms with Gasteiger partial charge in [-0.15, -0.1) is 15.3 Å². The minimum Gasteiger partial charge on any atom is -0.381 e. The Hall–Kier alpha value is -2.63. The van der Waals surface area contributed by atoms with Crippen LogP contribution in [0.15, 0.2) is 36.4 Å². The molecule has 0 spiro atoms. The first-order valence-corrected chi connectivity index (χ1v) is 9.93. The average molecular weight is 367 g/mol. The Morgan fingerprint density at radius 2 is 1.78 bits per heavy atom. The fraction of sp³-hybridized carbons (Fsp3) is 0.476. The highest BCUT2D eigenvalue weighted by molar-refractivity contribution is 5.70. The molecule has 3 rings (SSSR count). The van der Waals surface area contributed by atoms with Gasteiger partial charge in [0, 0.05) is 24.6 Å². The predicted molar refractivity (Wildman–Crippen MR) is 111 cm³/mol. The molecule has 2 aromatic heterocycles. The van der Waals surface area contributed by atoms with Crippen LogP contribution in [0.4, 0.5) is 11.5 Å². The van der Waals surface area contributed by atoms with Gasteiger partial charge in [0.15, 0.2) is 5.82 Å². The van der Waals surface area contributed by atoms with Crippen LogP contribution in [0.2, 0.25) is 0 Å². The largest absolute Gasteiger partial charge is 0.381 e. The van der Waals surface area contributed by atoms with Gasteiger partial charge in [-0.25, -0.2) is 0 Å². The maximum Gasteiger partial charge on any atom is 0.201 e. The van der Waals surface area contributed by atoms with E-state index >= 15 is 0 Å². The summed E-state index contributed by atoms with van der Waals surface area (Å²) < 4.78 is 1.88. The zero-order valence-corrected chi connectivity index (χ0v) is 16.7. The van der Waals surface area contributed by atoms with E-state index in [1.165, 1.54) is 5.56 Å². The molecular formula is C21H30N6. The van der Waals surface area contributed by atoms with Gasteiger partial charge in [-0.05, 0) is 24.8 Å². The van der Waals surface area contributed by atoms with Crippen LogP contribution in [0.3, 0.4) is 0 Å². The van der Waals surface area contributed by atoms with Gasteiger partial charge in [0.05, 0.1) is 5.69 Å². The predicted octanol–water partition coefficient (Wildman–Crippen LogP) is 4.50. The van der Waals surface area contributed by atoms with Crippen molar-refractivity contribution in [3.8, 4) is 0 Å². The third kappa shape index (κ3) is 4.56. The molecule has 0 radical (unpaired) electrons. The van der Waals surface area contributed by atoms with E-state index in [0.717, 1.165) is 48.8 Å². The molecule has 0 aliphatic rings. The van der Waals surface area contributed by atoms with Crippen LogP contribution in [0.5, 0.6) is 0 Å². The molecule has 2 N–H and O–H groups in total. The standard InChI is InChI=1S/C21H30N6/c1-5-17(6-2)23-19-14-18(22-13-12-16-10-8-7-9-11-16)21-25-24-20(15(3)4)27(21)26-19/h7-11,14-15,17,22H,5-6,12-13H2,1-4H3,(H,23,26). The van der Waals surface area contributed by atoms with E-state index in [1.54, 1.807) is 0 Å². The quantitative estimate of drug-likeness (QED) is 0.583. The molecule has 0 aliphatic heterocycles. The van der Waals surface area contributed by atoms with Crippen molar-refractivity contribution in [2.45, 2.75) is 58.9 Å². The normalized spacial score (nSPS) is 11.5. The van der Waals surface area contributed by atoms with Gasteiger partial charge >= 0.3 is 0 Å². The summed E-state index contributed by atoms with van der Waals surface area (Å²) in [5.74, 6) is 2.00. The Balaban J connectivity index is 1.87. The van der Waals surface area contributed by atoms with Crippen LogP contribution < -0.4 is 10.6 Å². The topological polar surface area (TPSA) is 67.1 Å². The van der Waals surface area contributed by atoms with Crippen molar-refractivity contribution in [3.63, 3.8) is 0 Å². The fourth-order valence-corrected chi connectivity index (χ4v) is 3.15. The van der Waals surface area contributed by atoms with Gasteiger partial charge in [0.25, 0.3) is 0 Å². The number of nitrogens with one attached hydrogen (secondary N) is 2. The SMILES string of the molecule is CCC(CC)Nc1cc(NCCc2ccccc2)c2nnc(C(C)C)n2n1. The molecule has 3 aromatic rings. The van der Waals surface area contributed by atoms with Crippen molar-refractivity contribution in [1.29, 1.82) is 0 Å². The molecule has 0 bridgehead atoms. The lowest BCUT2D eigenvalue weighted by atomic mass is 10.1. The number of hydrogen-bond donors (Lipinski definition) is 2. The number of fused-ring (bicyclic) bond motifs is 1. The van der Waals surface area contributed by atoms with E-state index in [1.807, 2.05) is 10.6 Å². The Morgan fingerprint density at radius 3 is 2.44 bits per heavy atom. The second-order valence-corrected chi connectivity index (χ2v) is 7.21. The molecule has 0 saturated carbocycles. The molecule has 0 unspecified atom stereocenters. The highest BCUT2D eigenvalue weighted by Crippen LogP contribution is 2.23. The molecule has 0 fully saturated rings. The first kappa shape index (κ1) is 19.1. The van der Waals surface area contributed by atoms with E-state index in [9.17, 15) is 0 Å². The summed E-state index contributed by atoms with van der Waals surface area (Å²) >= 11 is 0. The maximum absolute atomic E-state index is 4.76. The number of nitrogens with zero attached hydrogens (tertiary/aromatic N) is 4. The summed E-state index contributed by atoms with van der Waals surface area (Å²) in [7, 11) is 0. The van der Waals surface area contributed by atoms with Gasteiger partial charge in [0.2, 0.25) is 5.65 Å². The number of aromatic nitrogens is 4. The maximum atomic E-state index is 4.76. The first-order valence-electron chi connectivity index (χ1n) is 9.93. The van der Waals surface area contributed by atoms with Crippen LogP contribution in [-0.2, 0) is 6.42 Å². The minimum absolute atomic E-state index is 0.257. The minimum atomic E-state index is 0.257. The lowest BCUT2D eigenvalue weighted by Gasteiger charge is -2.17. The fourth-order valence-electron chi connectivity index (χ4n) is 3.15. The lowest BCUT2D eigenvalue weighted by Crippen LogP contribution is -2.19. The van der Waals surface area contributed by atoms with Crippen molar-refractivity contribution in [2.24, 2.45) is 0 Å². The van der Waals surface area contributed by atoms with E-state index in [-0.39, 0.29) is 5.92 Å². The molecule has 144 valence electrons. The van der Waals surface area contributed by atoms with Gasteiger partial charge in [0.1, 0.15) is 5.82 Å². The second kappa shape index (κ2) is 8.84. The Bertz CT molecular complexity index is 852. The van der Waals surface area contributed by atoms with Crippen LogP contribution >= 0.6 is 0 Å². The summed E-state index contributed by atoms with van der Waals surface area (Å²) in [4.78, 5) is 0. The first-order chi connectivity index (χ1) is 13.1. The molecule has 27 heavy (non-hydrogen) atoms. The third-order valence-electron chi connectivity index (χ3n) is 4.82. The molecule has 1 aromatic carbocycles. The number of rotatable bonds is 9. The van der Waals surface area contributed by atoms with E-state index in [4.69, 9.17) is 5.10 Å². The van der Waals surface area contributed by atoms with Crippen molar-refractivity contribution in [3.05, 3.63) is 47.8 Å². The summed E-state index contributed by atoms with van der Waals surface area (Å²) in [5, 5.41) is 20.6. The summed E-state index contributed by atoms with van der Waals surface area (Å²) in [6.45, 7) is 9.44. The van der Waals surface area contributed by atoms with Crippen LogP contribution in [0.25, 0.3) is 5.65 Å². The Labute approximate surface area is 161 Å². The Kier molecular flexibility index (Phi) is 6.27. The van der Waals surface area contributed by atoms with Gasteiger partial charge in [-0.2, -0.15) is 4.52 Å². The number of anilines is 2. The van der Waals surface area contributed by atoms with Gasteiger partial charge in [-0.3, -0.25) is 0 Å². The smallest absolute Gasteiger partial charge is 0.201 e. The van der Waals surface area contributed by atoms with Crippen LogP contribution in [0.1, 0.15) is 57.8 Å². The molecule has 0 aliphatic carbocycles. The van der Waals surface area contributed by atoms with Crippen molar-refractivity contribution in [2.75, 3.05) is 17.2 Å². The van der Waals surface area contributed by atoms with Crippen molar-refractivity contribution < 1.29 is 0 Å². The molecule has 0 amide bonds. The monoisotopic (exact) mass is 366 g/mol. The molecule has 6 nitrogen and oxygen atoms in total. The highest BCUT2D eigenvalue weighted by Gasteiger charge is 2.16. The van der Waals surface area contributed by atoms with Crippen molar-refractivity contribution >= 4 is 17.2 Å². The molecule has 6 heteroatoms. The summed E-state index contributed by atoms with van der Waals surface area (Å²) in [6.07, 6.45) is 3.08. The second-order valence-electron chi connectivity index (χ2n) is 7.21. The van der Waals surface area contributed by atoms with Gasteiger partial charge in [-0.1, -0.05) is 58.0 Å². The van der Waals surface area contributed by atoms with E-state index in [0.29, 0.717) is 6.04 Å². The van der Waals surface area contributed by atoms with Gasteiger partial charge < -0.3 is 10.6 Å². The third-order valence-corrected chi connectivity index (χ3v) is 4.82. The number of hydrogen-bond acceptors (Lipinski definition) is 5. The molecule has 0 atom stereocenters. The summed E-state index contributed by atoms with van der Waals surface area (Å²) in [6, 6.07) is 13.0. The molecular weight excluding hydrogens is 336 g/mol. The summed E-state index contributed by atoms with van der Waals surface area (Å²) in [5.41, 5.74) is 3.06. The lowest BCUT2D eigenvalue weighted by molar-refractivity contribution is 0.661. The average Bonchev–Trinajstić information content (AvgIpc) is 3.11. The van der Waals surface area contributed by atoms with Crippen LogP contribution in [0, 0.1) is 0 Å². The zero-order chi connectivity index (χ0) is 19.2. The molecule has 2 heterocycles. The zero-order valence-electron chi connectivity index (χ0n) is 16.7. The van der Waals surface area contributed by atoms with Crippen LogP contribution in [-0.4, -0.2) is 32.4 Å². The van der Waals surface area contributed by atoms with E-state index < -0.39 is 0 Å². The van der Waals surface area contributed by atoms with Crippen molar-refractivity contribution in [1.82, 2.24) is 19.8 Å².